The third-order valence-electron chi connectivity index (χ3n) is 2.78. The van der Waals surface area contributed by atoms with Crippen molar-refractivity contribution in [1.82, 2.24) is 15.5 Å². The zero-order valence-electron chi connectivity index (χ0n) is 12.2. The maximum absolute atomic E-state index is 4.21. The number of hydrogen-bond donors (Lipinski definition) is 2. The highest BCUT2D eigenvalue weighted by molar-refractivity contribution is 14.0. The van der Waals surface area contributed by atoms with Gasteiger partial charge in [-0.25, -0.2) is 0 Å². The highest BCUT2D eigenvalue weighted by Gasteiger charge is 2.00. The molecule has 0 aromatic carbocycles. The summed E-state index contributed by atoms with van der Waals surface area (Å²) in [6, 6.07) is 4.30. The fourth-order valence-electron chi connectivity index (χ4n) is 1.49. The first-order valence-electron chi connectivity index (χ1n) is 6.34. The molecular weight excluding hydrogens is 371 g/mol. The molecule has 2 N–H and O–H groups in total. The van der Waals surface area contributed by atoms with Crippen LogP contribution in [0.5, 0.6) is 0 Å². The average Bonchev–Trinajstić information content (AvgIpc) is 2.79. The molecule has 4 nitrogen and oxygen atoms in total. The van der Waals surface area contributed by atoms with Gasteiger partial charge in [-0.3, -0.25) is 4.99 Å². The Morgan fingerprint density at radius 3 is 2.63 bits per heavy atom. The molecule has 0 bridgehead atoms. The third kappa shape index (κ3) is 7.74. The zero-order chi connectivity index (χ0) is 13.4. The van der Waals surface area contributed by atoms with Crippen LogP contribution in [0.4, 0.5) is 0 Å². The summed E-state index contributed by atoms with van der Waals surface area (Å²) < 4.78 is 0. The van der Waals surface area contributed by atoms with E-state index in [1.54, 1.807) is 7.05 Å². The summed E-state index contributed by atoms with van der Waals surface area (Å²) in [4.78, 5) is 9.16. The molecule has 0 spiro atoms. The van der Waals surface area contributed by atoms with Crippen LogP contribution in [0.3, 0.4) is 0 Å². The molecule has 19 heavy (non-hydrogen) atoms. The molecule has 6 heteroatoms. The Labute approximate surface area is 137 Å². The Bertz CT molecular complexity index is 378. The largest absolute Gasteiger partial charge is 0.355 e. The van der Waals surface area contributed by atoms with E-state index in [4.69, 9.17) is 0 Å². The molecule has 1 rings (SSSR count). The van der Waals surface area contributed by atoms with Crippen molar-refractivity contribution in [3.05, 3.63) is 21.9 Å². The van der Waals surface area contributed by atoms with Gasteiger partial charge in [-0.2, -0.15) is 0 Å². The molecule has 0 saturated carbocycles. The molecule has 0 aliphatic carbocycles. The van der Waals surface area contributed by atoms with E-state index in [0.29, 0.717) is 0 Å². The second-order valence-electron chi connectivity index (χ2n) is 4.26. The van der Waals surface area contributed by atoms with E-state index in [2.05, 4.69) is 53.6 Å². The lowest BCUT2D eigenvalue weighted by Gasteiger charge is -2.16. The van der Waals surface area contributed by atoms with Gasteiger partial charge in [0.05, 0.1) is 6.54 Å². The second kappa shape index (κ2) is 10.4. The average molecular weight is 396 g/mol. The topological polar surface area (TPSA) is 39.7 Å². The predicted molar refractivity (Wildman–Crippen MR) is 95.8 cm³/mol. The summed E-state index contributed by atoms with van der Waals surface area (Å²) in [5.74, 6) is 0.866. The van der Waals surface area contributed by atoms with Crippen molar-refractivity contribution in [2.24, 2.45) is 4.99 Å². The number of aliphatic imine (C=N–C) groups is 1. The Hall–Kier alpha value is -0.340. The van der Waals surface area contributed by atoms with Gasteiger partial charge >= 0.3 is 0 Å². The smallest absolute Gasteiger partial charge is 0.191 e. The van der Waals surface area contributed by atoms with Crippen molar-refractivity contribution in [3.63, 3.8) is 0 Å². The Morgan fingerprint density at radius 2 is 2.11 bits per heavy atom. The molecule has 1 aromatic rings. The number of thiophene rings is 1. The number of nitrogens with one attached hydrogen (secondary N) is 2. The molecule has 0 amide bonds. The van der Waals surface area contributed by atoms with Crippen LogP contribution in [0.25, 0.3) is 0 Å². The van der Waals surface area contributed by atoms with Crippen molar-refractivity contribution < 1.29 is 0 Å². The van der Waals surface area contributed by atoms with Gasteiger partial charge in [0.25, 0.3) is 0 Å². The highest BCUT2D eigenvalue weighted by atomic mass is 127. The van der Waals surface area contributed by atoms with Gasteiger partial charge < -0.3 is 15.5 Å². The first kappa shape index (κ1) is 18.7. The summed E-state index contributed by atoms with van der Waals surface area (Å²) in [7, 11) is 3.92. The number of halogens is 1. The number of hydrogen-bond acceptors (Lipinski definition) is 3. The monoisotopic (exact) mass is 396 g/mol. The summed E-state index contributed by atoms with van der Waals surface area (Å²) in [5, 5.41) is 6.64. The number of nitrogens with zero attached hydrogens (tertiary/aromatic N) is 2. The molecular formula is C13H25IN4S. The maximum Gasteiger partial charge on any atom is 0.191 e. The summed E-state index contributed by atoms with van der Waals surface area (Å²) in [5.41, 5.74) is 0. The first-order valence-corrected chi connectivity index (χ1v) is 7.15. The van der Waals surface area contributed by atoms with Crippen LogP contribution in [0, 0.1) is 6.92 Å². The van der Waals surface area contributed by atoms with Crippen LogP contribution >= 0.6 is 35.3 Å². The zero-order valence-corrected chi connectivity index (χ0v) is 15.3. The van der Waals surface area contributed by atoms with E-state index in [0.717, 1.165) is 32.1 Å². The minimum Gasteiger partial charge on any atom is -0.355 e. The van der Waals surface area contributed by atoms with E-state index < -0.39 is 0 Å². The molecule has 0 fully saturated rings. The van der Waals surface area contributed by atoms with E-state index in [9.17, 15) is 0 Å². The lowest BCUT2D eigenvalue weighted by molar-refractivity contribution is 0.357. The predicted octanol–water partition coefficient (Wildman–Crippen LogP) is 2.29. The number of likely N-dealkylation sites (N-methyl/N-ethyl adjacent to an activating group) is 1. The van der Waals surface area contributed by atoms with Crippen LogP contribution in [0.15, 0.2) is 17.1 Å². The van der Waals surface area contributed by atoms with E-state index in [-0.39, 0.29) is 24.0 Å². The minimum atomic E-state index is 0. The van der Waals surface area contributed by atoms with Gasteiger partial charge in [-0.1, -0.05) is 6.92 Å². The molecule has 1 heterocycles. The van der Waals surface area contributed by atoms with Crippen molar-refractivity contribution in [3.8, 4) is 0 Å². The van der Waals surface area contributed by atoms with Crippen molar-refractivity contribution in [1.29, 1.82) is 0 Å². The Balaban J connectivity index is 0.00000324. The van der Waals surface area contributed by atoms with Gasteiger partial charge in [-0.05, 0) is 32.6 Å². The van der Waals surface area contributed by atoms with Gasteiger partial charge in [0.1, 0.15) is 0 Å². The summed E-state index contributed by atoms with van der Waals surface area (Å²) >= 11 is 1.82. The summed E-state index contributed by atoms with van der Waals surface area (Å²) in [6.07, 6.45) is 0. The van der Waals surface area contributed by atoms with Crippen LogP contribution in [-0.4, -0.2) is 44.6 Å². The number of guanidine groups is 1. The standard InChI is InChI=1S/C13H24N4S.HI/c1-5-17(4)9-8-15-13(14-3)16-10-12-7-6-11(2)18-12;/h6-7H,5,8-10H2,1-4H3,(H2,14,15,16);1H. The lowest BCUT2D eigenvalue weighted by Crippen LogP contribution is -2.40. The molecule has 1 aromatic heterocycles. The molecule has 0 unspecified atom stereocenters. The molecule has 110 valence electrons. The van der Waals surface area contributed by atoms with Crippen LogP contribution in [0.2, 0.25) is 0 Å². The normalized spacial score (nSPS) is 11.3. The van der Waals surface area contributed by atoms with Crippen LogP contribution < -0.4 is 10.6 Å². The lowest BCUT2D eigenvalue weighted by atomic mass is 10.4. The van der Waals surface area contributed by atoms with Crippen molar-refractivity contribution >= 4 is 41.3 Å². The van der Waals surface area contributed by atoms with Gasteiger partial charge in [-0.15, -0.1) is 35.3 Å². The molecule has 0 saturated heterocycles. The second-order valence-corrected chi connectivity index (χ2v) is 5.63. The maximum atomic E-state index is 4.21. The third-order valence-corrected chi connectivity index (χ3v) is 3.78. The van der Waals surface area contributed by atoms with E-state index in [1.165, 1.54) is 9.75 Å². The molecule has 0 aliphatic rings. The number of aryl methyl sites for hydroxylation is 1. The summed E-state index contributed by atoms with van der Waals surface area (Å²) in [6.45, 7) is 8.13. The fraction of sp³-hybridized carbons (Fsp3) is 0.615. The number of rotatable bonds is 6. The van der Waals surface area contributed by atoms with E-state index >= 15 is 0 Å². The first-order chi connectivity index (χ1) is 8.65. The van der Waals surface area contributed by atoms with Crippen LogP contribution in [-0.2, 0) is 6.54 Å². The van der Waals surface area contributed by atoms with Crippen molar-refractivity contribution in [2.45, 2.75) is 20.4 Å². The van der Waals surface area contributed by atoms with Gasteiger partial charge in [0.15, 0.2) is 5.96 Å². The van der Waals surface area contributed by atoms with E-state index in [1.807, 2.05) is 11.3 Å². The fourth-order valence-corrected chi connectivity index (χ4v) is 2.32. The quantitative estimate of drug-likeness (QED) is 0.441. The molecule has 0 aliphatic heterocycles. The van der Waals surface area contributed by atoms with Crippen molar-refractivity contribution in [2.75, 3.05) is 33.7 Å². The Morgan fingerprint density at radius 1 is 1.37 bits per heavy atom. The minimum absolute atomic E-state index is 0. The SMILES string of the molecule is CCN(C)CCNC(=NC)NCc1ccc(C)s1.I. The molecule has 0 atom stereocenters. The molecule has 0 radical (unpaired) electrons. The van der Waals surface area contributed by atoms with Gasteiger partial charge in [0.2, 0.25) is 0 Å². The van der Waals surface area contributed by atoms with Crippen LogP contribution in [0.1, 0.15) is 16.7 Å². The Kier molecular flexibility index (Phi) is 10.3. The highest BCUT2D eigenvalue weighted by Crippen LogP contribution is 2.14. The van der Waals surface area contributed by atoms with Gasteiger partial charge in [0, 0.05) is 29.9 Å².